The van der Waals surface area contributed by atoms with E-state index in [1.165, 1.54) is 6.42 Å². The molecule has 0 aromatic heterocycles. The number of carbonyl (C=O) groups excluding carboxylic acids is 3. The van der Waals surface area contributed by atoms with Crippen LogP contribution in [0.2, 0.25) is 0 Å². The zero-order valence-corrected chi connectivity index (χ0v) is 23.1. The van der Waals surface area contributed by atoms with Gasteiger partial charge in [0.25, 0.3) is 0 Å². The van der Waals surface area contributed by atoms with Crippen LogP contribution in [0, 0.1) is 17.8 Å². The van der Waals surface area contributed by atoms with E-state index in [4.69, 9.17) is 4.74 Å². The molecule has 1 N–H and O–H groups in total. The molecule has 206 valence electrons. The average molecular weight is 533 g/mol. The molecule has 7 nitrogen and oxygen atoms in total. The number of ether oxygens (including phenoxy) is 1. The molecular weight excluding hydrogens is 488 g/mol. The summed E-state index contributed by atoms with van der Waals surface area (Å²) in [4.78, 5) is 45.5. The molecule has 37 heavy (non-hydrogen) atoms. The average Bonchev–Trinajstić information content (AvgIpc) is 3.49. The Morgan fingerprint density at radius 3 is 2.62 bits per heavy atom. The molecule has 0 aromatic carbocycles. The molecule has 4 fully saturated rings. The summed E-state index contributed by atoms with van der Waals surface area (Å²) in [7, 11) is 0. The molecule has 1 spiro atoms. The number of thioether (sulfide) groups is 1. The van der Waals surface area contributed by atoms with E-state index in [1.54, 1.807) is 22.7 Å². The first-order valence-electron chi connectivity index (χ1n) is 14.2. The topological polar surface area (TPSA) is 87.1 Å². The number of unbranched alkanes of at least 4 members (excludes halogenated alkanes) is 2. The van der Waals surface area contributed by atoms with E-state index in [2.05, 4.69) is 20.1 Å². The minimum Gasteiger partial charge on any atom is -0.465 e. The Kier molecular flexibility index (Phi) is 9.43. The van der Waals surface area contributed by atoms with Gasteiger partial charge in [-0.2, -0.15) is 0 Å². The molecule has 3 aliphatic heterocycles. The van der Waals surface area contributed by atoms with Crippen molar-refractivity contribution in [1.29, 1.82) is 0 Å². The monoisotopic (exact) mass is 532 g/mol. The predicted molar refractivity (Wildman–Crippen MR) is 146 cm³/mol. The van der Waals surface area contributed by atoms with E-state index < -0.39 is 22.6 Å². The minimum absolute atomic E-state index is 0.0116. The van der Waals surface area contributed by atoms with Crippen LogP contribution in [0.1, 0.15) is 71.1 Å². The van der Waals surface area contributed by atoms with Crippen molar-refractivity contribution < 1.29 is 24.2 Å². The second-order valence-electron chi connectivity index (χ2n) is 11.2. The maximum Gasteiger partial charge on any atom is 0.310 e. The van der Waals surface area contributed by atoms with Crippen molar-refractivity contribution >= 4 is 29.5 Å². The molecule has 0 aromatic rings. The van der Waals surface area contributed by atoms with Gasteiger partial charge in [-0.05, 0) is 50.9 Å². The lowest BCUT2D eigenvalue weighted by molar-refractivity contribution is -0.154. The molecule has 2 amide bonds. The van der Waals surface area contributed by atoms with E-state index in [0.717, 1.165) is 51.4 Å². The first kappa shape index (κ1) is 28.2. The molecule has 2 bridgehead atoms. The van der Waals surface area contributed by atoms with Crippen LogP contribution in [0.3, 0.4) is 0 Å². The summed E-state index contributed by atoms with van der Waals surface area (Å²) in [6.45, 7) is 10.9. The Morgan fingerprint density at radius 1 is 1.19 bits per heavy atom. The number of hydrogen-bond acceptors (Lipinski definition) is 6. The summed E-state index contributed by atoms with van der Waals surface area (Å²) in [5, 5.41) is 9.57. The Bertz CT molecular complexity index is 874. The first-order chi connectivity index (χ1) is 17.9. The zero-order chi connectivity index (χ0) is 26.6. The van der Waals surface area contributed by atoms with Crippen molar-refractivity contribution in [2.75, 3.05) is 26.3 Å². The van der Waals surface area contributed by atoms with E-state index in [1.807, 2.05) is 11.0 Å². The maximum atomic E-state index is 14.5. The second kappa shape index (κ2) is 12.4. The van der Waals surface area contributed by atoms with Crippen LogP contribution in [0.5, 0.6) is 0 Å². The number of fused-ring (bicyclic) bond motifs is 1. The lowest BCUT2D eigenvalue weighted by Gasteiger charge is -2.43. The van der Waals surface area contributed by atoms with E-state index in [-0.39, 0.29) is 41.6 Å². The van der Waals surface area contributed by atoms with Crippen LogP contribution >= 0.6 is 11.8 Å². The van der Waals surface area contributed by atoms with Gasteiger partial charge in [-0.3, -0.25) is 14.4 Å². The number of aliphatic hydroxyl groups excluding tert-OH is 1. The highest BCUT2D eigenvalue weighted by atomic mass is 32.2. The fourth-order valence-corrected chi connectivity index (χ4v) is 9.72. The molecule has 6 atom stereocenters. The van der Waals surface area contributed by atoms with Crippen molar-refractivity contribution in [3.8, 4) is 0 Å². The molecule has 0 radical (unpaired) electrons. The second-order valence-corrected chi connectivity index (χ2v) is 12.7. The van der Waals surface area contributed by atoms with Gasteiger partial charge in [-0.15, -0.1) is 24.9 Å². The molecule has 8 heteroatoms. The summed E-state index contributed by atoms with van der Waals surface area (Å²) >= 11 is 1.69. The Hall–Kier alpha value is -1.80. The van der Waals surface area contributed by atoms with Gasteiger partial charge in [-0.25, -0.2) is 0 Å². The van der Waals surface area contributed by atoms with Gasteiger partial charge in [0.2, 0.25) is 11.8 Å². The normalized spacial score (nSPS) is 32.9. The number of amides is 2. The fraction of sp³-hybridized carbons (Fsp3) is 0.759. The van der Waals surface area contributed by atoms with Crippen molar-refractivity contribution in [3.05, 3.63) is 25.3 Å². The number of rotatable bonds is 13. The third-order valence-electron chi connectivity index (χ3n) is 8.98. The Morgan fingerprint density at radius 2 is 1.95 bits per heavy atom. The number of carbonyl (C=O) groups is 3. The summed E-state index contributed by atoms with van der Waals surface area (Å²) in [5.74, 6) is -1.39. The smallest absolute Gasteiger partial charge is 0.310 e. The van der Waals surface area contributed by atoms with E-state index in [0.29, 0.717) is 26.1 Å². The summed E-state index contributed by atoms with van der Waals surface area (Å²) < 4.78 is 5.06. The number of esters is 1. The molecule has 3 saturated heterocycles. The highest BCUT2D eigenvalue weighted by Gasteiger charge is 2.76. The predicted octanol–water partition coefficient (Wildman–Crippen LogP) is 3.95. The molecule has 4 rings (SSSR count). The zero-order valence-electron chi connectivity index (χ0n) is 22.3. The quantitative estimate of drug-likeness (QED) is 0.220. The first-order valence-corrected chi connectivity index (χ1v) is 15.1. The minimum atomic E-state index is -0.644. The number of allylic oxidation sites excluding steroid dienone is 1. The van der Waals surface area contributed by atoms with Gasteiger partial charge in [0.1, 0.15) is 6.04 Å². The van der Waals surface area contributed by atoms with Crippen molar-refractivity contribution in [3.63, 3.8) is 0 Å². The van der Waals surface area contributed by atoms with Gasteiger partial charge >= 0.3 is 5.97 Å². The van der Waals surface area contributed by atoms with Gasteiger partial charge < -0.3 is 19.6 Å². The SMILES string of the molecule is C=CCCCCOC(=O)[C@@H]1[C@H]2C(=O)N(CCCO)C(C(=O)N(CC=C)C3CCCCC3)C23S[C@@H]1CC3C. The van der Waals surface area contributed by atoms with E-state index >= 15 is 0 Å². The standard InChI is InChI=1S/C29H44N2O5S/c1-4-6-7-11-18-36-28(35)23-22-19-20(3)29(37-22)24(23)26(33)31(16-12-17-32)25(29)27(34)30(15-5-2)21-13-9-8-10-14-21/h4-5,20-25,32H,1-2,6-19H2,3H3/t20?,22-,23+,24+,25?,29?/m1/s1. The number of likely N-dealkylation sites (tertiary alicyclic amines) is 1. The highest BCUT2D eigenvalue weighted by molar-refractivity contribution is 8.02. The molecule has 3 unspecified atom stereocenters. The van der Waals surface area contributed by atoms with Gasteiger partial charge in [0.15, 0.2) is 0 Å². The van der Waals surface area contributed by atoms with Gasteiger partial charge in [-0.1, -0.05) is 38.3 Å². The number of aliphatic hydroxyl groups is 1. The molecule has 4 aliphatic rings. The number of nitrogens with zero attached hydrogens (tertiary/aromatic N) is 2. The summed E-state index contributed by atoms with van der Waals surface area (Å²) in [6.07, 6.45) is 12.7. The Labute approximate surface area is 226 Å². The van der Waals surface area contributed by atoms with Crippen LogP contribution in [0.25, 0.3) is 0 Å². The van der Waals surface area contributed by atoms with Crippen molar-refractivity contribution in [2.45, 2.75) is 93.2 Å². The van der Waals surface area contributed by atoms with Crippen LogP contribution in [0.15, 0.2) is 25.3 Å². The van der Waals surface area contributed by atoms with Gasteiger partial charge in [0.05, 0.1) is 23.2 Å². The molecule has 1 saturated carbocycles. The van der Waals surface area contributed by atoms with E-state index in [9.17, 15) is 19.5 Å². The lowest BCUT2D eigenvalue weighted by Crippen LogP contribution is -2.59. The van der Waals surface area contributed by atoms with Gasteiger partial charge in [0, 0.05) is 31.0 Å². The summed E-state index contributed by atoms with van der Waals surface area (Å²) in [5.41, 5.74) is 0. The molecule has 3 heterocycles. The van der Waals surface area contributed by atoms with Crippen LogP contribution in [-0.4, -0.2) is 81.1 Å². The largest absolute Gasteiger partial charge is 0.465 e. The highest BCUT2D eigenvalue weighted by Crippen LogP contribution is 2.68. The maximum absolute atomic E-state index is 14.5. The summed E-state index contributed by atoms with van der Waals surface area (Å²) in [6, 6.07) is -0.478. The molecule has 1 aliphatic carbocycles. The van der Waals surface area contributed by atoms with Crippen LogP contribution < -0.4 is 0 Å². The third kappa shape index (κ3) is 5.12. The fourth-order valence-electron chi connectivity index (χ4n) is 7.32. The van der Waals surface area contributed by atoms with Crippen molar-refractivity contribution in [1.82, 2.24) is 9.80 Å². The number of hydrogen-bond donors (Lipinski definition) is 1. The Balaban J connectivity index is 1.63. The third-order valence-corrected chi connectivity index (χ3v) is 11.1. The van der Waals surface area contributed by atoms with Crippen LogP contribution in [0.4, 0.5) is 0 Å². The van der Waals surface area contributed by atoms with Crippen LogP contribution in [-0.2, 0) is 19.1 Å². The molecular formula is C29H44N2O5S. The van der Waals surface area contributed by atoms with Crippen molar-refractivity contribution in [2.24, 2.45) is 17.8 Å². The lowest BCUT2D eigenvalue weighted by atomic mass is 9.66.